The smallest absolute Gasteiger partial charge is 0.259 e. The third-order valence-electron chi connectivity index (χ3n) is 3.74. The van der Waals surface area contributed by atoms with Crippen LogP contribution in [0.2, 0.25) is 0 Å². The number of aromatic nitrogens is 5. The zero-order chi connectivity index (χ0) is 16.9. The van der Waals surface area contributed by atoms with Gasteiger partial charge in [0, 0.05) is 32.4 Å². The number of aromatic amines is 1. The van der Waals surface area contributed by atoms with E-state index in [1.165, 1.54) is 5.56 Å². The molecule has 0 aliphatic carbocycles. The van der Waals surface area contributed by atoms with Crippen LogP contribution in [0.25, 0.3) is 11.5 Å². The van der Waals surface area contributed by atoms with E-state index in [2.05, 4.69) is 44.1 Å². The van der Waals surface area contributed by atoms with Crippen molar-refractivity contribution in [3.8, 4) is 11.5 Å². The molecule has 0 radical (unpaired) electrons. The molecule has 3 heterocycles. The minimum atomic E-state index is 0.500. The average molecular weight is 326 g/mol. The number of hydrogen-bond donors (Lipinski definition) is 1. The highest BCUT2D eigenvalue weighted by atomic mass is 16.5. The second-order valence-electron chi connectivity index (χ2n) is 6.30. The predicted octanol–water partition coefficient (Wildman–Crippen LogP) is 2.73. The summed E-state index contributed by atoms with van der Waals surface area (Å²) in [4.78, 5) is 11.0. The van der Waals surface area contributed by atoms with Crippen molar-refractivity contribution in [2.24, 2.45) is 5.92 Å². The number of hydrogen-bond acceptors (Lipinski definition) is 6. The largest absolute Gasteiger partial charge is 0.359 e. The lowest BCUT2D eigenvalue weighted by Gasteiger charge is -2.17. The molecule has 0 aliphatic rings. The van der Waals surface area contributed by atoms with E-state index in [0.29, 0.717) is 11.8 Å². The summed E-state index contributed by atoms with van der Waals surface area (Å²) in [6.07, 6.45) is 7.25. The van der Waals surface area contributed by atoms with Gasteiger partial charge in [-0.3, -0.25) is 5.10 Å². The summed E-state index contributed by atoms with van der Waals surface area (Å²) >= 11 is 0. The van der Waals surface area contributed by atoms with Crippen molar-refractivity contribution in [2.75, 3.05) is 18.5 Å². The van der Waals surface area contributed by atoms with Gasteiger partial charge in [0.05, 0.1) is 11.8 Å². The van der Waals surface area contributed by atoms with E-state index in [0.717, 1.165) is 36.6 Å². The number of pyridine rings is 1. The molecule has 126 valence electrons. The average Bonchev–Trinajstić information content (AvgIpc) is 3.24. The van der Waals surface area contributed by atoms with Gasteiger partial charge in [-0.25, -0.2) is 4.98 Å². The molecule has 0 spiro atoms. The summed E-state index contributed by atoms with van der Waals surface area (Å²) in [5.74, 6) is 2.66. The van der Waals surface area contributed by atoms with E-state index in [4.69, 9.17) is 4.52 Å². The van der Waals surface area contributed by atoms with Crippen LogP contribution in [0.3, 0.4) is 0 Å². The van der Waals surface area contributed by atoms with Crippen molar-refractivity contribution in [1.29, 1.82) is 0 Å². The number of nitrogens with one attached hydrogen (secondary N) is 1. The number of likely N-dealkylation sites (N-methyl/N-ethyl adjacent to an activating group) is 1. The Balaban J connectivity index is 1.63. The van der Waals surface area contributed by atoms with Crippen LogP contribution in [0.15, 0.2) is 35.2 Å². The third-order valence-corrected chi connectivity index (χ3v) is 3.74. The zero-order valence-electron chi connectivity index (χ0n) is 14.2. The van der Waals surface area contributed by atoms with Crippen LogP contribution < -0.4 is 4.90 Å². The van der Waals surface area contributed by atoms with Crippen LogP contribution in [0.1, 0.15) is 25.2 Å². The highest BCUT2D eigenvalue weighted by Crippen LogP contribution is 2.19. The van der Waals surface area contributed by atoms with Crippen LogP contribution in [0, 0.1) is 5.92 Å². The second-order valence-corrected chi connectivity index (χ2v) is 6.30. The van der Waals surface area contributed by atoms with E-state index in [-0.39, 0.29) is 0 Å². The maximum Gasteiger partial charge on any atom is 0.259 e. The number of H-pyrrole nitrogens is 1. The topological polar surface area (TPSA) is 83.7 Å². The fourth-order valence-electron chi connectivity index (χ4n) is 2.38. The molecule has 0 atom stereocenters. The summed E-state index contributed by atoms with van der Waals surface area (Å²) in [5.41, 5.74) is 2.02. The Morgan fingerprint density at radius 1 is 1.25 bits per heavy atom. The molecule has 0 aromatic carbocycles. The number of rotatable bonds is 7. The van der Waals surface area contributed by atoms with Gasteiger partial charge in [0.1, 0.15) is 5.82 Å². The predicted molar refractivity (Wildman–Crippen MR) is 91.6 cm³/mol. The van der Waals surface area contributed by atoms with Gasteiger partial charge >= 0.3 is 0 Å². The molecule has 24 heavy (non-hydrogen) atoms. The molecule has 0 bridgehead atoms. The molecule has 0 fully saturated rings. The van der Waals surface area contributed by atoms with E-state index >= 15 is 0 Å². The van der Waals surface area contributed by atoms with Gasteiger partial charge in [-0.05, 0) is 30.0 Å². The Morgan fingerprint density at radius 3 is 2.79 bits per heavy atom. The summed E-state index contributed by atoms with van der Waals surface area (Å²) in [6, 6.07) is 3.93. The molecular formula is C17H22N6O. The molecule has 0 saturated carbocycles. The molecule has 7 nitrogen and oxygen atoms in total. The fraction of sp³-hybridized carbons (Fsp3) is 0.412. The molecular weight excluding hydrogens is 304 g/mol. The molecule has 3 rings (SSSR count). The van der Waals surface area contributed by atoms with Gasteiger partial charge in [0.15, 0.2) is 5.82 Å². The van der Waals surface area contributed by atoms with Crippen molar-refractivity contribution in [3.63, 3.8) is 0 Å². The van der Waals surface area contributed by atoms with Gasteiger partial charge in [-0.1, -0.05) is 19.0 Å². The molecule has 1 N–H and O–H groups in total. The SMILES string of the molecule is CC(C)Cc1noc(-c2ccc(N(C)CCc3cn[nH]c3)nc2)n1. The van der Waals surface area contributed by atoms with E-state index < -0.39 is 0 Å². The van der Waals surface area contributed by atoms with Gasteiger partial charge < -0.3 is 9.42 Å². The van der Waals surface area contributed by atoms with Crippen LogP contribution in [-0.2, 0) is 12.8 Å². The second kappa shape index (κ2) is 7.25. The lowest BCUT2D eigenvalue weighted by Crippen LogP contribution is -2.21. The Morgan fingerprint density at radius 2 is 2.12 bits per heavy atom. The van der Waals surface area contributed by atoms with E-state index in [9.17, 15) is 0 Å². The summed E-state index contributed by atoms with van der Waals surface area (Å²) < 4.78 is 5.32. The molecule has 0 saturated heterocycles. The normalized spacial score (nSPS) is 11.2. The summed E-state index contributed by atoms with van der Waals surface area (Å²) in [7, 11) is 2.02. The van der Waals surface area contributed by atoms with Crippen LogP contribution in [0.4, 0.5) is 5.82 Å². The highest BCUT2D eigenvalue weighted by Gasteiger charge is 2.11. The molecule has 7 heteroatoms. The third kappa shape index (κ3) is 3.98. The van der Waals surface area contributed by atoms with Crippen LogP contribution >= 0.6 is 0 Å². The molecule has 0 aliphatic heterocycles. The summed E-state index contributed by atoms with van der Waals surface area (Å²) in [6.45, 7) is 5.13. The van der Waals surface area contributed by atoms with Crippen molar-refractivity contribution >= 4 is 5.82 Å². The first-order chi connectivity index (χ1) is 11.6. The monoisotopic (exact) mass is 326 g/mol. The van der Waals surface area contributed by atoms with Crippen molar-refractivity contribution < 1.29 is 4.52 Å². The maximum absolute atomic E-state index is 5.32. The van der Waals surface area contributed by atoms with E-state index in [1.54, 1.807) is 6.20 Å². The zero-order valence-corrected chi connectivity index (χ0v) is 14.2. The molecule has 0 unspecified atom stereocenters. The minimum absolute atomic E-state index is 0.500. The van der Waals surface area contributed by atoms with Gasteiger partial charge in [-0.2, -0.15) is 10.1 Å². The molecule has 3 aromatic rings. The quantitative estimate of drug-likeness (QED) is 0.719. The number of nitrogens with zero attached hydrogens (tertiary/aromatic N) is 5. The van der Waals surface area contributed by atoms with Gasteiger partial charge in [-0.15, -0.1) is 0 Å². The Hall–Kier alpha value is -2.70. The Bertz CT molecular complexity index is 748. The van der Waals surface area contributed by atoms with Crippen molar-refractivity contribution in [3.05, 3.63) is 42.1 Å². The van der Waals surface area contributed by atoms with Gasteiger partial charge in [0.25, 0.3) is 5.89 Å². The van der Waals surface area contributed by atoms with E-state index in [1.807, 2.05) is 31.6 Å². The first-order valence-electron chi connectivity index (χ1n) is 8.09. The maximum atomic E-state index is 5.32. The highest BCUT2D eigenvalue weighted by molar-refractivity contribution is 5.54. The van der Waals surface area contributed by atoms with Crippen molar-refractivity contribution in [2.45, 2.75) is 26.7 Å². The number of anilines is 1. The Kier molecular flexibility index (Phi) is 4.88. The van der Waals surface area contributed by atoms with Crippen LogP contribution in [0.5, 0.6) is 0 Å². The minimum Gasteiger partial charge on any atom is -0.359 e. The van der Waals surface area contributed by atoms with Crippen LogP contribution in [-0.4, -0.2) is 38.9 Å². The lowest BCUT2D eigenvalue weighted by molar-refractivity contribution is 0.417. The van der Waals surface area contributed by atoms with Crippen molar-refractivity contribution in [1.82, 2.24) is 25.3 Å². The summed E-state index contributed by atoms with van der Waals surface area (Å²) in [5, 5.41) is 10.8. The first-order valence-corrected chi connectivity index (χ1v) is 8.09. The standard InChI is InChI=1S/C17H22N6O/c1-12(2)8-15-21-17(24-22-15)14-4-5-16(18-11-14)23(3)7-6-13-9-19-20-10-13/h4-5,9-12H,6-8H2,1-3H3,(H,19,20). The first kappa shape index (κ1) is 16.2. The van der Waals surface area contributed by atoms with Gasteiger partial charge in [0.2, 0.25) is 0 Å². The molecule has 3 aromatic heterocycles. The fourth-order valence-corrected chi connectivity index (χ4v) is 2.38. The lowest BCUT2D eigenvalue weighted by atomic mass is 10.1. The molecule has 0 amide bonds. The Labute approximate surface area is 141 Å².